The highest BCUT2D eigenvalue weighted by molar-refractivity contribution is 9.10. The van der Waals surface area contributed by atoms with Crippen LogP contribution >= 0.6 is 27.5 Å². The zero-order valence-corrected chi connectivity index (χ0v) is 13.0. The summed E-state index contributed by atoms with van der Waals surface area (Å²) < 4.78 is 0.772. The van der Waals surface area contributed by atoms with Gasteiger partial charge in [0.05, 0.1) is 10.6 Å². The minimum Gasteiger partial charge on any atom is -0.335 e. The molecule has 3 atom stereocenters. The van der Waals surface area contributed by atoms with Crippen LogP contribution in [0.1, 0.15) is 17.3 Å². The van der Waals surface area contributed by atoms with Crippen molar-refractivity contribution in [1.82, 2.24) is 10.2 Å². The molecule has 1 aromatic rings. The summed E-state index contributed by atoms with van der Waals surface area (Å²) in [5.41, 5.74) is 0.593. The molecule has 2 aliphatic heterocycles. The Balaban J connectivity index is 1.87. The van der Waals surface area contributed by atoms with Gasteiger partial charge in [-0.05, 0) is 46.8 Å². The molecule has 3 rings (SSSR count). The number of hydrogen-bond acceptors (Lipinski definition) is 2. The van der Waals surface area contributed by atoms with Gasteiger partial charge in [0.2, 0.25) is 0 Å². The van der Waals surface area contributed by atoms with E-state index in [4.69, 9.17) is 11.6 Å². The molecule has 0 saturated carbocycles. The first-order valence-corrected chi connectivity index (χ1v) is 7.72. The van der Waals surface area contributed by atoms with E-state index in [9.17, 15) is 4.79 Å². The molecule has 3 unspecified atom stereocenters. The number of likely N-dealkylation sites (tertiary alicyclic amines) is 1. The summed E-state index contributed by atoms with van der Waals surface area (Å²) in [4.78, 5) is 14.6. The summed E-state index contributed by atoms with van der Waals surface area (Å²) in [5, 5.41) is 3.91. The molecule has 19 heavy (non-hydrogen) atoms. The molecule has 1 aromatic carbocycles. The third kappa shape index (κ3) is 2.20. The van der Waals surface area contributed by atoms with E-state index in [1.54, 1.807) is 6.07 Å². The largest absolute Gasteiger partial charge is 0.335 e. The van der Waals surface area contributed by atoms with Gasteiger partial charge in [-0.1, -0.05) is 17.7 Å². The Bertz CT molecular complexity index is 522. The van der Waals surface area contributed by atoms with Crippen LogP contribution in [0, 0.1) is 11.8 Å². The van der Waals surface area contributed by atoms with Gasteiger partial charge in [0.1, 0.15) is 0 Å². The van der Waals surface area contributed by atoms with Crippen molar-refractivity contribution in [2.45, 2.75) is 13.0 Å². The molecular weight excluding hydrogens is 328 g/mol. The second kappa shape index (κ2) is 5.08. The Hall–Kier alpha value is -0.580. The number of hydrogen-bond donors (Lipinski definition) is 1. The zero-order chi connectivity index (χ0) is 13.6. The van der Waals surface area contributed by atoms with Crippen LogP contribution in [-0.4, -0.2) is 36.5 Å². The first-order chi connectivity index (χ1) is 9.09. The Labute approximate surface area is 126 Å². The molecule has 0 aliphatic carbocycles. The lowest BCUT2D eigenvalue weighted by Crippen LogP contribution is -2.38. The van der Waals surface area contributed by atoms with Crippen LogP contribution in [0.15, 0.2) is 22.7 Å². The van der Waals surface area contributed by atoms with E-state index in [-0.39, 0.29) is 11.9 Å². The number of nitrogens with one attached hydrogen (secondary N) is 1. The summed E-state index contributed by atoms with van der Waals surface area (Å²) in [6, 6.07) is 5.79. The molecule has 2 fully saturated rings. The monoisotopic (exact) mass is 342 g/mol. The third-order valence-electron chi connectivity index (χ3n) is 4.38. The maximum atomic E-state index is 12.7. The van der Waals surface area contributed by atoms with Crippen molar-refractivity contribution in [2.75, 3.05) is 19.6 Å². The second-order valence-corrected chi connectivity index (χ2v) is 6.61. The van der Waals surface area contributed by atoms with Gasteiger partial charge in [-0.2, -0.15) is 0 Å². The number of amides is 1. The van der Waals surface area contributed by atoms with E-state index >= 15 is 0 Å². The predicted octanol–water partition coefficient (Wildman–Crippen LogP) is 2.78. The van der Waals surface area contributed by atoms with Gasteiger partial charge in [0.25, 0.3) is 5.91 Å². The minimum absolute atomic E-state index is 0.0493. The molecule has 1 amide bonds. The number of rotatable bonds is 1. The molecule has 1 N–H and O–H groups in total. The normalized spacial score (nSPS) is 29.6. The van der Waals surface area contributed by atoms with Crippen molar-refractivity contribution < 1.29 is 4.79 Å². The highest BCUT2D eigenvalue weighted by atomic mass is 79.9. The average Bonchev–Trinajstić information content (AvgIpc) is 2.96. The minimum atomic E-state index is 0.0493. The number of carbonyl (C=O) groups excluding carboxylic acids is 1. The highest BCUT2D eigenvalue weighted by Gasteiger charge is 2.44. The Kier molecular flexibility index (Phi) is 3.58. The van der Waals surface area contributed by atoms with Crippen LogP contribution in [0.25, 0.3) is 0 Å². The smallest absolute Gasteiger partial charge is 0.255 e. The van der Waals surface area contributed by atoms with Gasteiger partial charge in [-0.25, -0.2) is 0 Å². The topological polar surface area (TPSA) is 32.3 Å². The van der Waals surface area contributed by atoms with E-state index in [1.165, 1.54) is 0 Å². The van der Waals surface area contributed by atoms with Crippen LogP contribution in [0.2, 0.25) is 5.02 Å². The van der Waals surface area contributed by atoms with Crippen molar-refractivity contribution >= 4 is 33.4 Å². The van der Waals surface area contributed by atoms with E-state index in [0.29, 0.717) is 22.4 Å². The number of fused-ring (bicyclic) bond motifs is 1. The maximum absolute atomic E-state index is 12.7. The quantitative estimate of drug-likeness (QED) is 0.850. The lowest BCUT2D eigenvalue weighted by Gasteiger charge is -2.25. The number of nitrogens with zero attached hydrogens (tertiary/aromatic N) is 1. The fourth-order valence-corrected chi connectivity index (χ4v) is 3.83. The number of benzene rings is 1. The van der Waals surface area contributed by atoms with Crippen molar-refractivity contribution in [3.8, 4) is 0 Å². The molecule has 0 radical (unpaired) electrons. The Morgan fingerprint density at radius 2 is 2.26 bits per heavy atom. The highest BCUT2D eigenvalue weighted by Crippen LogP contribution is 2.35. The van der Waals surface area contributed by atoms with Gasteiger partial charge < -0.3 is 10.2 Å². The standard InChI is InChI=1S/C14H16BrClN2O/c1-8-11-6-17-5-9(11)7-18(8)14(19)10-3-2-4-12(15)13(10)16/h2-4,8-9,11,17H,5-7H2,1H3. The summed E-state index contributed by atoms with van der Waals surface area (Å²) in [6.07, 6.45) is 0. The average molecular weight is 344 g/mol. The first-order valence-electron chi connectivity index (χ1n) is 6.55. The molecular formula is C14H16BrClN2O. The fraction of sp³-hybridized carbons (Fsp3) is 0.500. The molecule has 0 aromatic heterocycles. The Morgan fingerprint density at radius 1 is 1.47 bits per heavy atom. The Morgan fingerprint density at radius 3 is 3.00 bits per heavy atom. The molecule has 0 spiro atoms. The van der Waals surface area contributed by atoms with Crippen molar-refractivity contribution in [1.29, 1.82) is 0 Å². The van der Waals surface area contributed by atoms with Crippen molar-refractivity contribution in [3.05, 3.63) is 33.3 Å². The van der Waals surface area contributed by atoms with Crippen LogP contribution in [0.4, 0.5) is 0 Å². The van der Waals surface area contributed by atoms with Gasteiger partial charge in [0, 0.05) is 30.1 Å². The lowest BCUT2D eigenvalue weighted by molar-refractivity contribution is 0.0728. The van der Waals surface area contributed by atoms with E-state index in [1.807, 2.05) is 17.0 Å². The van der Waals surface area contributed by atoms with Crippen LogP contribution < -0.4 is 5.32 Å². The van der Waals surface area contributed by atoms with Gasteiger partial charge in [-0.15, -0.1) is 0 Å². The zero-order valence-electron chi connectivity index (χ0n) is 10.7. The molecule has 102 valence electrons. The number of halogens is 2. The van der Waals surface area contributed by atoms with Crippen LogP contribution in [-0.2, 0) is 0 Å². The predicted molar refractivity (Wildman–Crippen MR) is 79.5 cm³/mol. The second-order valence-electron chi connectivity index (χ2n) is 5.38. The summed E-state index contributed by atoms with van der Waals surface area (Å²) in [5.74, 6) is 1.22. The van der Waals surface area contributed by atoms with Crippen LogP contribution in [0.3, 0.4) is 0 Å². The summed E-state index contributed by atoms with van der Waals surface area (Å²) >= 11 is 9.60. The SMILES string of the molecule is CC1C2CNCC2CN1C(=O)c1cccc(Br)c1Cl. The van der Waals surface area contributed by atoms with Crippen LogP contribution in [0.5, 0.6) is 0 Å². The van der Waals surface area contributed by atoms with Gasteiger partial charge in [0.15, 0.2) is 0 Å². The summed E-state index contributed by atoms with van der Waals surface area (Å²) in [7, 11) is 0. The number of carbonyl (C=O) groups is 1. The molecule has 0 bridgehead atoms. The molecule has 2 heterocycles. The van der Waals surface area contributed by atoms with Gasteiger partial charge >= 0.3 is 0 Å². The van der Waals surface area contributed by atoms with E-state index in [0.717, 1.165) is 24.1 Å². The molecule has 5 heteroatoms. The maximum Gasteiger partial charge on any atom is 0.255 e. The van der Waals surface area contributed by atoms with E-state index in [2.05, 4.69) is 28.2 Å². The lowest BCUT2D eigenvalue weighted by atomic mass is 9.95. The first kappa shape index (κ1) is 13.4. The molecule has 2 aliphatic rings. The summed E-state index contributed by atoms with van der Waals surface area (Å²) in [6.45, 7) is 5.01. The van der Waals surface area contributed by atoms with Gasteiger partial charge in [-0.3, -0.25) is 4.79 Å². The van der Waals surface area contributed by atoms with Crippen molar-refractivity contribution in [3.63, 3.8) is 0 Å². The molecule has 3 nitrogen and oxygen atoms in total. The third-order valence-corrected chi connectivity index (χ3v) is 5.67. The fourth-order valence-electron chi connectivity index (χ4n) is 3.26. The molecule has 2 saturated heterocycles. The van der Waals surface area contributed by atoms with E-state index < -0.39 is 0 Å². The van der Waals surface area contributed by atoms with Crippen molar-refractivity contribution in [2.24, 2.45) is 11.8 Å².